The van der Waals surface area contributed by atoms with Crippen molar-refractivity contribution in [3.8, 4) is 0 Å². The Morgan fingerprint density at radius 2 is 1.38 bits per heavy atom. The zero-order valence-corrected chi connectivity index (χ0v) is 19.6. The molecule has 1 saturated heterocycles. The predicted octanol–water partition coefficient (Wildman–Crippen LogP) is 7.26. The number of rotatable bonds is 13. The summed E-state index contributed by atoms with van der Waals surface area (Å²) in [5.74, 6) is 0.714. The molecule has 3 atom stereocenters. The fraction of sp³-hybridized carbons (Fsp3) is 1.00. The Balaban J connectivity index is 3.51. The highest BCUT2D eigenvalue weighted by Crippen LogP contribution is 2.67. The summed E-state index contributed by atoms with van der Waals surface area (Å²) in [5.41, 5.74) is 0.519. The van der Waals surface area contributed by atoms with E-state index in [4.69, 9.17) is 9.47 Å². The molecule has 1 rings (SSSR count). The first-order chi connectivity index (χ1) is 12.1. The van der Waals surface area contributed by atoms with Crippen LogP contribution in [0.15, 0.2) is 0 Å². The first-order valence-electron chi connectivity index (χ1n) is 11.4. The Kier molecular flexibility index (Phi) is 8.24. The van der Waals surface area contributed by atoms with Crippen molar-refractivity contribution >= 4 is 0 Å². The number of hydrogen-bond donors (Lipinski definition) is 0. The van der Waals surface area contributed by atoms with Gasteiger partial charge in [-0.25, -0.2) is 0 Å². The van der Waals surface area contributed by atoms with E-state index in [1.165, 1.54) is 32.1 Å². The van der Waals surface area contributed by atoms with E-state index in [0.29, 0.717) is 17.4 Å². The van der Waals surface area contributed by atoms with Crippen molar-refractivity contribution in [3.63, 3.8) is 0 Å². The van der Waals surface area contributed by atoms with Gasteiger partial charge in [-0.3, -0.25) is 0 Å². The van der Waals surface area contributed by atoms with Gasteiger partial charge in [0.15, 0.2) is 0 Å². The zero-order valence-electron chi connectivity index (χ0n) is 19.6. The second kappa shape index (κ2) is 8.95. The summed E-state index contributed by atoms with van der Waals surface area (Å²) in [5, 5.41) is 0. The van der Waals surface area contributed by atoms with Gasteiger partial charge < -0.3 is 9.47 Å². The van der Waals surface area contributed by atoms with Gasteiger partial charge in [0.25, 0.3) is 0 Å². The van der Waals surface area contributed by atoms with Gasteiger partial charge in [-0.2, -0.15) is 0 Å². The molecule has 3 unspecified atom stereocenters. The smallest absolute Gasteiger partial charge is 0.104 e. The third kappa shape index (κ3) is 3.62. The van der Waals surface area contributed by atoms with Crippen molar-refractivity contribution in [2.45, 2.75) is 119 Å². The molecule has 26 heavy (non-hydrogen) atoms. The third-order valence-electron chi connectivity index (χ3n) is 9.10. The average Bonchev–Trinajstić information content (AvgIpc) is 3.48. The fourth-order valence-electron chi connectivity index (χ4n) is 6.74. The molecule has 0 saturated carbocycles. The van der Waals surface area contributed by atoms with Gasteiger partial charge in [-0.15, -0.1) is 0 Å². The minimum atomic E-state index is -0.178. The first kappa shape index (κ1) is 24.0. The molecule has 1 fully saturated rings. The van der Waals surface area contributed by atoms with Gasteiger partial charge in [0.05, 0.1) is 18.8 Å². The maximum atomic E-state index is 6.59. The molecule has 0 radical (unpaired) electrons. The van der Waals surface area contributed by atoms with Crippen LogP contribution in [0.1, 0.15) is 108 Å². The van der Waals surface area contributed by atoms with Crippen LogP contribution in [0, 0.1) is 22.2 Å². The summed E-state index contributed by atoms with van der Waals surface area (Å²) in [6, 6.07) is 0. The molecule has 0 N–H and O–H groups in total. The van der Waals surface area contributed by atoms with Crippen LogP contribution >= 0.6 is 0 Å². The van der Waals surface area contributed by atoms with E-state index < -0.39 is 0 Å². The molecule has 0 spiro atoms. The van der Waals surface area contributed by atoms with Crippen molar-refractivity contribution in [2.75, 3.05) is 13.2 Å². The summed E-state index contributed by atoms with van der Waals surface area (Å²) in [6.07, 6.45) is 7.64. The van der Waals surface area contributed by atoms with E-state index in [0.717, 1.165) is 19.6 Å². The molecule has 1 heterocycles. The van der Waals surface area contributed by atoms with Crippen molar-refractivity contribution in [1.82, 2.24) is 0 Å². The molecule has 0 aromatic rings. The Morgan fingerprint density at radius 3 is 1.69 bits per heavy atom. The average molecular weight is 369 g/mol. The van der Waals surface area contributed by atoms with E-state index in [1.54, 1.807) is 0 Å². The summed E-state index contributed by atoms with van der Waals surface area (Å²) in [4.78, 5) is 0. The molecule has 156 valence electrons. The van der Waals surface area contributed by atoms with Crippen LogP contribution in [0.2, 0.25) is 0 Å². The summed E-state index contributed by atoms with van der Waals surface area (Å²) >= 11 is 0. The molecular formula is C24H48O2. The minimum Gasteiger partial charge on any atom is -0.372 e. The van der Waals surface area contributed by atoms with Crippen LogP contribution in [-0.4, -0.2) is 24.9 Å². The van der Waals surface area contributed by atoms with Crippen molar-refractivity contribution in [2.24, 2.45) is 22.2 Å². The van der Waals surface area contributed by atoms with E-state index in [2.05, 4.69) is 69.2 Å². The second-order valence-electron chi connectivity index (χ2n) is 9.42. The molecule has 0 aromatic heterocycles. The molecule has 0 aliphatic carbocycles. The highest BCUT2D eigenvalue weighted by atomic mass is 16.6. The van der Waals surface area contributed by atoms with Gasteiger partial charge in [0.1, 0.15) is 6.10 Å². The van der Waals surface area contributed by atoms with Gasteiger partial charge >= 0.3 is 0 Å². The molecule has 2 heteroatoms. The predicted molar refractivity (Wildman–Crippen MR) is 114 cm³/mol. The van der Waals surface area contributed by atoms with Crippen LogP contribution in [0.5, 0.6) is 0 Å². The normalized spacial score (nSPS) is 22.2. The van der Waals surface area contributed by atoms with Crippen LogP contribution in [-0.2, 0) is 9.47 Å². The molecule has 0 amide bonds. The fourth-order valence-corrected chi connectivity index (χ4v) is 6.74. The Bertz CT molecular complexity index is 416. The van der Waals surface area contributed by atoms with Crippen LogP contribution in [0.25, 0.3) is 0 Å². The minimum absolute atomic E-state index is 0.105. The van der Waals surface area contributed by atoms with E-state index >= 15 is 0 Å². The van der Waals surface area contributed by atoms with Gasteiger partial charge in [0, 0.05) is 5.41 Å². The van der Waals surface area contributed by atoms with Crippen LogP contribution in [0.4, 0.5) is 0 Å². The van der Waals surface area contributed by atoms with Crippen LogP contribution < -0.4 is 0 Å². The number of epoxide rings is 1. The lowest BCUT2D eigenvalue weighted by atomic mass is 9.40. The van der Waals surface area contributed by atoms with E-state index in [-0.39, 0.29) is 16.4 Å². The van der Waals surface area contributed by atoms with Gasteiger partial charge in [-0.05, 0) is 62.7 Å². The van der Waals surface area contributed by atoms with Crippen molar-refractivity contribution in [3.05, 3.63) is 0 Å². The molecule has 0 aromatic carbocycles. The topological polar surface area (TPSA) is 21.8 Å². The highest BCUT2D eigenvalue weighted by molar-refractivity contribution is 5.11. The zero-order chi connectivity index (χ0) is 20.2. The quantitative estimate of drug-likeness (QED) is 0.319. The monoisotopic (exact) mass is 368 g/mol. The molecule has 1 aliphatic rings. The summed E-state index contributed by atoms with van der Waals surface area (Å²) in [6.45, 7) is 25.8. The maximum absolute atomic E-state index is 6.59. The molecule has 1 aliphatic heterocycles. The first-order valence-corrected chi connectivity index (χ1v) is 11.4. The van der Waals surface area contributed by atoms with Crippen molar-refractivity contribution in [1.29, 1.82) is 0 Å². The largest absolute Gasteiger partial charge is 0.372 e. The van der Waals surface area contributed by atoms with Gasteiger partial charge in [0.2, 0.25) is 0 Å². The van der Waals surface area contributed by atoms with E-state index in [9.17, 15) is 0 Å². The number of ether oxygens (including phenoxy) is 2. The van der Waals surface area contributed by atoms with Gasteiger partial charge in [-0.1, -0.05) is 61.8 Å². The van der Waals surface area contributed by atoms with E-state index in [1.807, 2.05) is 0 Å². The summed E-state index contributed by atoms with van der Waals surface area (Å²) < 4.78 is 12.0. The molecular weight excluding hydrogens is 320 g/mol. The lowest BCUT2D eigenvalue weighted by Gasteiger charge is -2.66. The Labute approximate surface area is 164 Å². The van der Waals surface area contributed by atoms with Crippen molar-refractivity contribution < 1.29 is 9.47 Å². The maximum Gasteiger partial charge on any atom is 0.104 e. The standard InChI is InChI=1S/C24H48O2/c1-11-19(7)23(13-3,14-4)24(15-5,16-6)22(10,12-2)21(8,9)26-18-20-17-25-20/h19-20H,11-18H2,1-10H3. The SMILES string of the molecule is CCC(C)C(CC)(CC)C(CC)(CC)C(C)(CC)C(C)(C)OCC1CO1. The molecule has 2 nitrogen and oxygen atoms in total. The Morgan fingerprint density at radius 1 is 0.885 bits per heavy atom. The number of hydrogen-bond acceptors (Lipinski definition) is 2. The molecule has 0 bridgehead atoms. The lowest BCUT2D eigenvalue weighted by Crippen LogP contribution is -2.62. The second-order valence-corrected chi connectivity index (χ2v) is 9.42. The summed E-state index contributed by atoms with van der Waals surface area (Å²) in [7, 11) is 0. The van der Waals surface area contributed by atoms with Crippen LogP contribution in [0.3, 0.4) is 0 Å². The lowest BCUT2D eigenvalue weighted by molar-refractivity contribution is -0.222. The highest BCUT2D eigenvalue weighted by Gasteiger charge is 2.63. The third-order valence-corrected chi connectivity index (χ3v) is 9.10. The Hall–Kier alpha value is -0.0800.